The number of esters is 1. The molecule has 0 heterocycles. The maximum absolute atomic E-state index is 14.8. The molecule has 0 saturated carbocycles. The molecule has 0 saturated heterocycles. The molecule has 0 aromatic carbocycles. The van der Waals surface area contributed by atoms with Gasteiger partial charge in [0.15, 0.2) is 0 Å². The molecule has 0 rings (SSSR count). The number of phosphoric ester groups is 1. The van der Waals surface area contributed by atoms with Crippen molar-refractivity contribution in [2.75, 3.05) is 33.0 Å². The lowest BCUT2D eigenvalue weighted by Gasteiger charge is -2.27. The molecule has 0 fully saturated rings. The Morgan fingerprint density at radius 3 is 1.33 bits per heavy atom. The molecule has 0 bridgehead atoms. The maximum atomic E-state index is 14.8. The molecule has 0 aliphatic carbocycles. The van der Waals surface area contributed by atoms with E-state index in [2.05, 4.69) is 18.4 Å². The van der Waals surface area contributed by atoms with Crippen molar-refractivity contribution in [2.24, 2.45) is 0 Å². The molecule has 12 heteroatoms. The third-order valence-corrected chi connectivity index (χ3v) is 10.8. The van der Waals surface area contributed by atoms with Crippen LogP contribution in [0.3, 0.4) is 0 Å². The van der Waals surface area contributed by atoms with Gasteiger partial charge in [-0.05, 0) is 12.8 Å². The van der Waals surface area contributed by atoms with E-state index in [0.717, 1.165) is 51.4 Å². The normalized spacial score (nSPS) is 14.3. The Hall–Kier alpha value is -0.680. The molecule has 9 nitrogen and oxygen atoms in total. The Balaban J connectivity index is 4.36. The fourth-order valence-corrected chi connectivity index (χ4v) is 7.18. The van der Waals surface area contributed by atoms with Crippen LogP contribution >= 0.6 is 7.82 Å². The first-order valence-electron chi connectivity index (χ1n) is 22.1. The Labute approximate surface area is 329 Å². The number of carbonyl (C=O) groups is 1. The number of aliphatic hydroxyl groups excluding tert-OH is 2. The highest BCUT2D eigenvalue weighted by Crippen LogP contribution is 2.38. The van der Waals surface area contributed by atoms with Gasteiger partial charge in [0, 0.05) is 13.0 Å². The van der Waals surface area contributed by atoms with Crippen molar-refractivity contribution in [2.45, 2.75) is 231 Å². The predicted octanol–water partition coefficient (Wildman–Crippen LogP) is 11.5. The fourth-order valence-electron chi connectivity index (χ4n) is 6.41. The first-order valence-corrected chi connectivity index (χ1v) is 23.6. The Kier molecular flexibility index (Phi) is 37.4. The summed E-state index contributed by atoms with van der Waals surface area (Å²) in [6.45, 7) is 2.21. The minimum Gasteiger partial charge on any atom is -0.756 e. The van der Waals surface area contributed by atoms with Crippen LogP contribution in [0, 0.1) is 0 Å². The van der Waals surface area contributed by atoms with Crippen LogP contribution < -0.4 is 4.89 Å². The van der Waals surface area contributed by atoms with Crippen molar-refractivity contribution in [3.05, 3.63) is 0 Å². The van der Waals surface area contributed by atoms with E-state index in [4.69, 9.17) is 19.1 Å². The smallest absolute Gasteiger partial charge is 0.377 e. The van der Waals surface area contributed by atoms with E-state index in [-0.39, 0.29) is 13.0 Å². The molecule has 0 amide bonds. The van der Waals surface area contributed by atoms with Crippen LogP contribution in [0.15, 0.2) is 0 Å². The summed E-state index contributed by atoms with van der Waals surface area (Å²) in [7, 11) is -4.98. The average Bonchev–Trinajstić information content (AvgIpc) is 3.15. The largest absolute Gasteiger partial charge is 0.756 e. The summed E-state index contributed by atoms with van der Waals surface area (Å²) in [5, 5.41) is 18.2. The van der Waals surface area contributed by atoms with Gasteiger partial charge in [0.1, 0.15) is 12.2 Å². The van der Waals surface area contributed by atoms with Gasteiger partial charge in [0.25, 0.3) is 7.82 Å². The monoisotopic (exact) mass is 800 g/mol. The Morgan fingerprint density at radius 1 is 0.593 bits per heavy atom. The number of carbonyl (C=O) groups excluding carboxylic acids is 1. The summed E-state index contributed by atoms with van der Waals surface area (Å²) < 4.78 is 61.5. The van der Waals surface area contributed by atoms with Gasteiger partial charge in [-0.1, -0.05) is 194 Å². The highest BCUT2D eigenvalue weighted by Gasteiger charge is 2.41. The standard InChI is InChI=1S/C42H83F2O9P/c1-3-5-7-9-11-13-15-17-19-20-22-24-26-28-30-32-34-50-37-40(38-52-54(48,49)51-36-39(46)35-45)53-41(47)42(43,44)33-31-29-27-25-23-21-18-16-14-12-10-8-6-4-2/h39-40,45-46H,3-38H2,1-2H3,(H,48,49)/p-1/t39-,40+/m0/s1. The molecule has 0 aromatic heterocycles. The molecule has 3 atom stereocenters. The van der Waals surface area contributed by atoms with E-state index in [1.54, 1.807) is 0 Å². The van der Waals surface area contributed by atoms with E-state index >= 15 is 0 Å². The van der Waals surface area contributed by atoms with Crippen LogP contribution in [0.5, 0.6) is 0 Å². The number of halogens is 2. The zero-order valence-corrected chi connectivity index (χ0v) is 35.5. The van der Waals surface area contributed by atoms with Crippen molar-refractivity contribution >= 4 is 13.8 Å². The highest BCUT2D eigenvalue weighted by atomic mass is 31.2. The molecule has 0 aliphatic rings. The van der Waals surface area contributed by atoms with E-state index in [1.165, 1.54) is 128 Å². The number of aliphatic hydroxyl groups is 2. The lowest BCUT2D eigenvalue weighted by atomic mass is 10.0. The predicted molar refractivity (Wildman–Crippen MR) is 213 cm³/mol. The molecular weight excluding hydrogens is 717 g/mol. The van der Waals surface area contributed by atoms with Gasteiger partial charge < -0.3 is 33.6 Å². The highest BCUT2D eigenvalue weighted by molar-refractivity contribution is 7.45. The van der Waals surface area contributed by atoms with E-state index < -0.39 is 58.2 Å². The minimum absolute atomic E-state index is 0.174. The van der Waals surface area contributed by atoms with Gasteiger partial charge in [-0.25, -0.2) is 4.79 Å². The van der Waals surface area contributed by atoms with Crippen LogP contribution in [0.25, 0.3) is 0 Å². The van der Waals surface area contributed by atoms with Crippen LogP contribution in [0.1, 0.15) is 213 Å². The van der Waals surface area contributed by atoms with Gasteiger partial charge in [0.05, 0.1) is 26.4 Å². The summed E-state index contributed by atoms with van der Waals surface area (Å²) in [6, 6.07) is 0. The van der Waals surface area contributed by atoms with E-state index in [1.807, 2.05) is 0 Å². The van der Waals surface area contributed by atoms with Gasteiger partial charge in [-0.2, -0.15) is 8.78 Å². The molecule has 0 spiro atoms. The number of ether oxygens (including phenoxy) is 2. The average molecular weight is 800 g/mol. The number of hydrogen-bond acceptors (Lipinski definition) is 9. The number of phosphoric acid groups is 1. The van der Waals surface area contributed by atoms with Gasteiger partial charge in [-0.15, -0.1) is 0 Å². The van der Waals surface area contributed by atoms with Gasteiger partial charge in [-0.3, -0.25) is 4.57 Å². The van der Waals surface area contributed by atoms with E-state index in [9.17, 15) is 28.1 Å². The molecular formula is C42H82F2O9P-. The maximum Gasteiger partial charge on any atom is 0.377 e. The second-order valence-corrected chi connectivity index (χ2v) is 16.7. The van der Waals surface area contributed by atoms with E-state index in [0.29, 0.717) is 13.0 Å². The summed E-state index contributed by atoms with van der Waals surface area (Å²) in [6.07, 6.45) is 31.3. The summed E-state index contributed by atoms with van der Waals surface area (Å²) >= 11 is 0. The minimum atomic E-state index is -4.98. The number of alkyl halides is 2. The van der Waals surface area contributed by atoms with Gasteiger partial charge in [0.2, 0.25) is 0 Å². The van der Waals surface area contributed by atoms with Crippen molar-refractivity contribution in [1.82, 2.24) is 0 Å². The summed E-state index contributed by atoms with van der Waals surface area (Å²) in [5.41, 5.74) is 0. The number of rotatable bonds is 43. The third-order valence-electron chi connectivity index (χ3n) is 9.92. The third kappa shape index (κ3) is 35.7. The molecule has 54 heavy (non-hydrogen) atoms. The van der Waals surface area contributed by atoms with Crippen molar-refractivity contribution in [3.63, 3.8) is 0 Å². The van der Waals surface area contributed by atoms with Crippen LogP contribution in [-0.4, -0.2) is 67.3 Å². The van der Waals surface area contributed by atoms with Gasteiger partial charge >= 0.3 is 11.9 Å². The second kappa shape index (κ2) is 37.9. The van der Waals surface area contributed by atoms with Crippen molar-refractivity contribution < 1.29 is 51.8 Å². The number of unbranched alkanes of at least 4 members (excludes halogenated alkanes) is 28. The lowest BCUT2D eigenvalue weighted by molar-refractivity contribution is -0.231. The summed E-state index contributed by atoms with van der Waals surface area (Å²) in [5.74, 6) is -5.47. The SMILES string of the molecule is CCCCCCCCCCCCCCCCCCOC[C@H](COP(=O)([O-])OC[C@@H](O)CO)OC(=O)C(F)(F)CCCCCCCCCCCCCCCC. The first kappa shape index (κ1) is 53.3. The van der Waals surface area contributed by atoms with Crippen molar-refractivity contribution in [3.8, 4) is 0 Å². The quantitative estimate of drug-likeness (QED) is 0.0351. The Morgan fingerprint density at radius 2 is 0.944 bits per heavy atom. The molecule has 0 radical (unpaired) electrons. The Bertz CT molecular complexity index is 868. The summed E-state index contributed by atoms with van der Waals surface area (Å²) in [4.78, 5) is 24.6. The second-order valence-electron chi connectivity index (χ2n) is 15.3. The molecule has 1 unspecified atom stereocenters. The molecule has 2 N–H and O–H groups in total. The lowest BCUT2D eigenvalue weighted by Crippen LogP contribution is -2.37. The molecule has 324 valence electrons. The van der Waals surface area contributed by atoms with Crippen LogP contribution in [0.2, 0.25) is 0 Å². The van der Waals surface area contributed by atoms with Crippen molar-refractivity contribution in [1.29, 1.82) is 0 Å². The van der Waals surface area contributed by atoms with Crippen LogP contribution in [0.4, 0.5) is 8.78 Å². The zero-order valence-electron chi connectivity index (χ0n) is 34.6. The van der Waals surface area contributed by atoms with Crippen LogP contribution in [-0.2, 0) is 27.9 Å². The number of hydrogen-bond donors (Lipinski definition) is 2. The first-order chi connectivity index (χ1) is 26.1. The fraction of sp³-hybridized carbons (Fsp3) is 0.976. The molecule has 0 aromatic rings. The zero-order chi connectivity index (χ0) is 40.0. The molecule has 0 aliphatic heterocycles. The topological polar surface area (TPSA) is 135 Å².